The van der Waals surface area contributed by atoms with Crippen LogP contribution in [0.3, 0.4) is 0 Å². The van der Waals surface area contributed by atoms with E-state index in [1.165, 1.54) is 16.5 Å². The Morgan fingerprint density at radius 2 is 1.85 bits per heavy atom. The minimum Gasteiger partial charge on any atom is -0.361 e. The maximum absolute atomic E-state index is 4.57. The molecule has 5 heteroatoms. The SMILES string of the molecule is CCNC(=NCCc1c[nH]c2ccccc12)NCC.I. The Bertz CT molecular complexity index is 540. The molecule has 0 bridgehead atoms. The van der Waals surface area contributed by atoms with Gasteiger partial charge in [0.15, 0.2) is 5.96 Å². The van der Waals surface area contributed by atoms with E-state index in [1.54, 1.807) is 0 Å². The zero-order valence-corrected chi connectivity index (χ0v) is 14.4. The van der Waals surface area contributed by atoms with Gasteiger partial charge in [0.1, 0.15) is 0 Å². The Kier molecular flexibility index (Phi) is 7.43. The summed E-state index contributed by atoms with van der Waals surface area (Å²) < 4.78 is 0. The molecule has 0 atom stereocenters. The van der Waals surface area contributed by atoms with Crippen LogP contribution in [0.5, 0.6) is 0 Å². The molecule has 3 N–H and O–H groups in total. The van der Waals surface area contributed by atoms with Gasteiger partial charge in [-0.3, -0.25) is 4.99 Å². The Morgan fingerprint density at radius 1 is 1.15 bits per heavy atom. The topological polar surface area (TPSA) is 52.2 Å². The second kappa shape index (κ2) is 8.84. The van der Waals surface area contributed by atoms with Crippen molar-refractivity contribution in [3.05, 3.63) is 36.0 Å². The molecule has 0 aliphatic carbocycles. The van der Waals surface area contributed by atoms with E-state index in [0.29, 0.717) is 0 Å². The van der Waals surface area contributed by atoms with Crippen LogP contribution in [-0.2, 0) is 6.42 Å². The number of para-hydroxylation sites is 1. The van der Waals surface area contributed by atoms with Gasteiger partial charge in [0.05, 0.1) is 0 Å². The predicted octanol–water partition coefficient (Wildman–Crippen LogP) is 2.90. The highest BCUT2D eigenvalue weighted by atomic mass is 127. The molecular weight excluding hydrogens is 363 g/mol. The summed E-state index contributed by atoms with van der Waals surface area (Å²) in [6, 6.07) is 8.38. The third kappa shape index (κ3) is 4.40. The number of halogens is 1. The van der Waals surface area contributed by atoms with E-state index in [2.05, 4.69) is 64.9 Å². The summed E-state index contributed by atoms with van der Waals surface area (Å²) in [7, 11) is 0. The molecule has 110 valence electrons. The van der Waals surface area contributed by atoms with E-state index >= 15 is 0 Å². The number of guanidine groups is 1. The van der Waals surface area contributed by atoms with Gasteiger partial charge in [0, 0.05) is 36.7 Å². The molecule has 0 aliphatic heterocycles. The number of aromatic amines is 1. The Hall–Kier alpha value is -1.24. The summed E-state index contributed by atoms with van der Waals surface area (Å²) >= 11 is 0. The third-order valence-corrected chi connectivity index (χ3v) is 3.01. The van der Waals surface area contributed by atoms with Crippen LogP contribution in [0.1, 0.15) is 19.4 Å². The molecule has 0 aliphatic rings. The number of benzene rings is 1. The lowest BCUT2D eigenvalue weighted by Gasteiger charge is -2.08. The molecule has 0 amide bonds. The summed E-state index contributed by atoms with van der Waals surface area (Å²) in [5.74, 6) is 0.893. The summed E-state index contributed by atoms with van der Waals surface area (Å²) in [6.45, 7) is 6.72. The van der Waals surface area contributed by atoms with E-state index in [-0.39, 0.29) is 24.0 Å². The monoisotopic (exact) mass is 386 g/mol. The van der Waals surface area contributed by atoms with Gasteiger partial charge in [-0.1, -0.05) is 18.2 Å². The van der Waals surface area contributed by atoms with E-state index in [9.17, 15) is 0 Å². The molecule has 0 unspecified atom stereocenters. The fourth-order valence-corrected chi connectivity index (χ4v) is 2.14. The van der Waals surface area contributed by atoms with Crippen LogP contribution in [0.4, 0.5) is 0 Å². The van der Waals surface area contributed by atoms with Gasteiger partial charge in [-0.25, -0.2) is 0 Å². The molecule has 1 heterocycles. The van der Waals surface area contributed by atoms with Gasteiger partial charge in [-0.15, -0.1) is 24.0 Å². The normalized spacial score (nSPS) is 9.90. The van der Waals surface area contributed by atoms with Crippen molar-refractivity contribution < 1.29 is 0 Å². The lowest BCUT2D eigenvalue weighted by Crippen LogP contribution is -2.37. The number of nitrogens with zero attached hydrogens (tertiary/aromatic N) is 1. The van der Waals surface area contributed by atoms with Gasteiger partial charge in [0.2, 0.25) is 0 Å². The Balaban J connectivity index is 0.00000200. The van der Waals surface area contributed by atoms with Crippen LogP contribution in [0.25, 0.3) is 10.9 Å². The van der Waals surface area contributed by atoms with Gasteiger partial charge in [-0.2, -0.15) is 0 Å². The zero-order chi connectivity index (χ0) is 13.5. The molecule has 0 saturated heterocycles. The van der Waals surface area contributed by atoms with Crippen LogP contribution >= 0.6 is 24.0 Å². The van der Waals surface area contributed by atoms with Crippen LogP contribution in [-0.4, -0.2) is 30.6 Å². The fourth-order valence-electron chi connectivity index (χ4n) is 2.14. The average Bonchev–Trinajstić information content (AvgIpc) is 2.83. The van der Waals surface area contributed by atoms with Crippen molar-refractivity contribution in [2.24, 2.45) is 4.99 Å². The smallest absolute Gasteiger partial charge is 0.191 e. The molecule has 1 aromatic carbocycles. The van der Waals surface area contributed by atoms with Crippen molar-refractivity contribution in [1.29, 1.82) is 0 Å². The van der Waals surface area contributed by atoms with Crippen molar-refractivity contribution in [3.8, 4) is 0 Å². The van der Waals surface area contributed by atoms with Gasteiger partial charge >= 0.3 is 0 Å². The first kappa shape index (κ1) is 16.8. The van der Waals surface area contributed by atoms with E-state index in [0.717, 1.165) is 32.0 Å². The number of aliphatic imine (C=N–C) groups is 1. The summed E-state index contributed by atoms with van der Waals surface area (Å²) in [4.78, 5) is 7.86. The van der Waals surface area contributed by atoms with Crippen molar-refractivity contribution in [1.82, 2.24) is 15.6 Å². The number of hydrogen-bond donors (Lipinski definition) is 3. The highest BCUT2D eigenvalue weighted by Gasteiger charge is 2.02. The van der Waals surface area contributed by atoms with Crippen molar-refractivity contribution in [2.45, 2.75) is 20.3 Å². The minimum atomic E-state index is 0. The number of fused-ring (bicyclic) bond motifs is 1. The summed E-state index contributed by atoms with van der Waals surface area (Å²) in [6.07, 6.45) is 3.03. The number of rotatable bonds is 5. The van der Waals surface area contributed by atoms with Crippen molar-refractivity contribution >= 4 is 40.8 Å². The number of aromatic nitrogens is 1. The van der Waals surface area contributed by atoms with Crippen LogP contribution in [0, 0.1) is 0 Å². The largest absolute Gasteiger partial charge is 0.361 e. The summed E-state index contributed by atoms with van der Waals surface area (Å²) in [5.41, 5.74) is 2.52. The van der Waals surface area contributed by atoms with Gasteiger partial charge in [0.25, 0.3) is 0 Å². The third-order valence-electron chi connectivity index (χ3n) is 3.01. The first-order valence-electron chi connectivity index (χ1n) is 6.92. The molecule has 2 rings (SSSR count). The average molecular weight is 386 g/mol. The van der Waals surface area contributed by atoms with E-state index in [4.69, 9.17) is 0 Å². The minimum absolute atomic E-state index is 0. The second-order valence-electron chi connectivity index (χ2n) is 4.40. The van der Waals surface area contributed by atoms with Gasteiger partial charge in [-0.05, 0) is 31.9 Å². The van der Waals surface area contributed by atoms with Crippen LogP contribution in [0.2, 0.25) is 0 Å². The van der Waals surface area contributed by atoms with Crippen LogP contribution < -0.4 is 10.6 Å². The van der Waals surface area contributed by atoms with Crippen molar-refractivity contribution in [2.75, 3.05) is 19.6 Å². The molecule has 1 aromatic heterocycles. The maximum atomic E-state index is 4.57. The second-order valence-corrected chi connectivity index (χ2v) is 4.40. The lowest BCUT2D eigenvalue weighted by atomic mass is 10.1. The maximum Gasteiger partial charge on any atom is 0.191 e. The number of hydrogen-bond acceptors (Lipinski definition) is 1. The predicted molar refractivity (Wildman–Crippen MR) is 97.1 cm³/mol. The first-order chi connectivity index (χ1) is 9.35. The molecule has 0 spiro atoms. The van der Waals surface area contributed by atoms with Crippen LogP contribution in [0.15, 0.2) is 35.5 Å². The quantitative estimate of drug-likeness (QED) is 0.421. The molecule has 2 aromatic rings. The van der Waals surface area contributed by atoms with E-state index in [1.807, 2.05) is 0 Å². The Morgan fingerprint density at radius 3 is 2.55 bits per heavy atom. The van der Waals surface area contributed by atoms with Crippen molar-refractivity contribution in [3.63, 3.8) is 0 Å². The summed E-state index contributed by atoms with van der Waals surface area (Å²) in [5, 5.41) is 7.76. The van der Waals surface area contributed by atoms with E-state index < -0.39 is 0 Å². The number of nitrogens with one attached hydrogen (secondary N) is 3. The molecule has 0 radical (unpaired) electrons. The molecule has 4 nitrogen and oxygen atoms in total. The molecular formula is C15H23IN4. The highest BCUT2D eigenvalue weighted by Crippen LogP contribution is 2.17. The highest BCUT2D eigenvalue weighted by molar-refractivity contribution is 14.0. The molecule has 0 saturated carbocycles. The molecule has 0 fully saturated rings. The van der Waals surface area contributed by atoms with Gasteiger partial charge < -0.3 is 15.6 Å². The lowest BCUT2D eigenvalue weighted by molar-refractivity contribution is 0.834. The standard InChI is InChI=1S/C15H22N4.HI/c1-3-16-15(17-4-2)18-10-9-12-11-19-14-8-6-5-7-13(12)14;/h5-8,11,19H,3-4,9-10H2,1-2H3,(H2,16,17,18);1H. The fraction of sp³-hybridized carbons (Fsp3) is 0.400. The molecule has 20 heavy (non-hydrogen) atoms. The number of H-pyrrole nitrogens is 1. The Labute approximate surface area is 137 Å². The first-order valence-corrected chi connectivity index (χ1v) is 6.92. The zero-order valence-electron chi connectivity index (χ0n) is 12.1.